The van der Waals surface area contributed by atoms with Gasteiger partial charge in [0.05, 0.1) is 9.85 Å². The molecule has 1 radical (unpaired) electrons. The van der Waals surface area contributed by atoms with Gasteiger partial charge in [-0.15, -0.1) is 0 Å². The average molecular weight is 196 g/mol. The largest absolute Gasteiger partial charge is 0.377 e. The van der Waals surface area contributed by atoms with E-state index in [-0.39, 0.29) is 17.1 Å². The molecule has 0 aromatic heterocycles. The van der Waals surface area contributed by atoms with Gasteiger partial charge in [-0.25, -0.2) is 0 Å². The van der Waals surface area contributed by atoms with Gasteiger partial charge in [0.15, 0.2) is 5.69 Å². The lowest BCUT2D eigenvalue weighted by Gasteiger charge is -2.01. The van der Waals surface area contributed by atoms with Crippen molar-refractivity contribution in [2.75, 3.05) is 12.4 Å². The first-order valence-electron chi connectivity index (χ1n) is 3.58. The van der Waals surface area contributed by atoms with Crippen molar-refractivity contribution in [1.29, 1.82) is 0 Å². The first-order chi connectivity index (χ1) is 6.57. The second kappa shape index (κ2) is 3.69. The Morgan fingerprint density at radius 2 is 1.64 bits per heavy atom. The van der Waals surface area contributed by atoms with Crippen LogP contribution in [0.1, 0.15) is 0 Å². The quantitative estimate of drug-likeness (QED) is 0.581. The minimum Gasteiger partial charge on any atom is -0.377 e. The molecule has 0 fully saturated rings. The van der Waals surface area contributed by atoms with E-state index in [0.29, 0.717) is 0 Å². The molecule has 1 aromatic carbocycles. The fourth-order valence-corrected chi connectivity index (χ4v) is 1.02. The van der Waals surface area contributed by atoms with Crippen LogP contribution in [0, 0.1) is 26.3 Å². The lowest BCUT2D eigenvalue weighted by Crippen LogP contribution is -2.00. The summed E-state index contributed by atoms with van der Waals surface area (Å²) in [5, 5.41) is 23.4. The zero-order chi connectivity index (χ0) is 10.7. The lowest BCUT2D eigenvalue weighted by atomic mass is 10.2. The number of nitrogens with zero attached hydrogens (tertiary/aromatic N) is 2. The van der Waals surface area contributed by atoms with E-state index in [1.54, 1.807) is 0 Å². The topological polar surface area (TPSA) is 98.3 Å². The molecule has 0 saturated heterocycles. The van der Waals surface area contributed by atoms with Gasteiger partial charge in [0.25, 0.3) is 11.4 Å². The van der Waals surface area contributed by atoms with Crippen molar-refractivity contribution >= 4 is 17.1 Å². The lowest BCUT2D eigenvalue weighted by molar-refractivity contribution is -0.392. The minimum atomic E-state index is -0.699. The Labute approximate surface area is 78.7 Å². The van der Waals surface area contributed by atoms with Gasteiger partial charge in [0.1, 0.15) is 0 Å². The molecule has 0 aliphatic carbocycles. The highest BCUT2D eigenvalue weighted by Gasteiger charge is 2.23. The summed E-state index contributed by atoms with van der Waals surface area (Å²) in [5.74, 6) is 0. The van der Waals surface area contributed by atoms with E-state index in [2.05, 4.69) is 11.4 Å². The van der Waals surface area contributed by atoms with Crippen LogP contribution in [0.25, 0.3) is 0 Å². The predicted molar refractivity (Wildman–Crippen MR) is 48.1 cm³/mol. The number of hydrogen-bond donors (Lipinski definition) is 1. The maximum absolute atomic E-state index is 10.5. The van der Waals surface area contributed by atoms with Gasteiger partial charge in [-0.3, -0.25) is 20.2 Å². The van der Waals surface area contributed by atoms with Gasteiger partial charge < -0.3 is 5.32 Å². The summed E-state index contributed by atoms with van der Waals surface area (Å²) in [6.45, 7) is 0. The van der Waals surface area contributed by atoms with E-state index >= 15 is 0 Å². The predicted octanol–water partition coefficient (Wildman–Crippen LogP) is 1.34. The van der Waals surface area contributed by atoms with Crippen molar-refractivity contribution in [2.24, 2.45) is 0 Å². The second-order valence-electron chi connectivity index (χ2n) is 2.37. The van der Waals surface area contributed by atoms with Gasteiger partial charge >= 0.3 is 0 Å². The third-order valence-corrected chi connectivity index (χ3v) is 1.60. The normalized spacial score (nSPS) is 9.50. The highest BCUT2D eigenvalue weighted by Crippen LogP contribution is 2.32. The molecule has 0 amide bonds. The summed E-state index contributed by atoms with van der Waals surface area (Å²) in [7, 11) is 1.38. The fourth-order valence-electron chi connectivity index (χ4n) is 1.02. The molecule has 1 N–H and O–H groups in total. The van der Waals surface area contributed by atoms with Gasteiger partial charge in [-0.2, -0.15) is 0 Å². The van der Waals surface area contributed by atoms with Crippen LogP contribution in [0.5, 0.6) is 0 Å². The summed E-state index contributed by atoms with van der Waals surface area (Å²) in [5.41, 5.74) is -0.831. The maximum atomic E-state index is 10.5. The summed E-state index contributed by atoms with van der Waals surface area (Å²) >= 11 is 0. The summed E-state index contributed by atoms with van der Waals surface area (Å²) in [6.07, 6.45) is 0. The number of nitro benzene ring substituents is 2. The summed E-state index contributed by atoms with van der Waals surface area (Å²) in [4.78, 5) is 19.6. The first-order valence-corrected chi connectivity index (χ1v) is 3.58. The van der Waals surface area contributed by atoms with Crippen molar-refractivity contribution in [1.82, 2.24) is 0 Å². The van der Waals surface area contributed by atoms with Gasteiger partial charge in [-0.1, -0.05) is 0 Å². The van der Waals surface area contributed by atoms with Crippen LogP contribution in [-0.4, -0.2) is 16.9 Å². The monoisotopic (exact) mass is 196 g/mol. The third-order valence-electron chi connectivity index (χ3n) is 1.60. The Morgan fingerprint density at radius 1 is 1.21 bits per heavy atom. The Balaban J connectivity index is 3.39. The van der Waals surface area contributed by atoms with Crippen LogP contribution in [0.15, 0.2) is 12.1 Å². The Morgan fingerprint density at radius 3 is 1.93 bits per heavy atom. The van der Waals surface area contributed by atoms with Crippen molar-refractivity contribution < 1.29 is 9.85 Å². The first kappa shape index (κ1) is 9.90. The van der Waals surface area contributed by atoms with E-state index in [0.717, 1.165) is 12.1 Å². The zero-order valence-electron chi connectivity index (χ0n) is 7.18. The molecular formula is C7H6N3O4. The maximum Gasteiger partial charge on any atom is 0.300 e. The van der Waals surface area contributed by atoms with Crippen LogP contribution >= 0.6 is 0 Å². The van der Waals surface area contributed by atoms with Gasteiger partial charge in [0.2, 0.25) is 0 Å². The molecule has 0 atom stereocenters. The molecule has 0 saturated carbocycles. The number of benzene rings is 1. The smallest absolute Gasteiger partial charge is 0.300 e. The molecule has 7 nitrogen and oxygen atoms in total. The summed E-state index contributed by atoms with van der Waals surface area (Å²) < 4.78 is 0. The van der Waals surface area contributed by atoms with Gasteiger partial charge in [-0.05, 0) is 6.07 Å². The SMILES string of the molecule is CNc1c([N+](=O)[O-])c[c]cc1[N+](=O)[O-]. The number of rotatable bonds is 3. The molecule has 0 unspecified atom stereocenters. The number of nitro groups is 2. The zero-order valence-corrected chi connectivity index (χ0v) is 7.18. The number of nitrogens with one attached hydrogen (secondary N) is 1. The van der Waals surface area contributed by atoms with Crippen molar-refractivity contribution in [3.05, 3.63) is 38.4 Å². The van der Waals surface area contributed by atoms with Crippen molar-refractivity contribution in [3.8, 4) is 0 Å². The molecular weight excluding hydrogens is 190 g/mol. The second-order valence-corrected chi connectivity index (χ2v) is 2.37. The Bertz CT molecular complexity index is 358. The molecule has 0 aliphatic rings. The molecule has 0 aliphatic heterocycles. The average Bonchev–Trinajstić information content (AvgIpc) is 2.16. The molecule has 0 heterocycles. The number of anilines is 1. The van der Waals surface area contributed by atoms with E-state index in [1.165, 1.54) is 7.05 Å². The molecule has 7 heteroatoms. The van der Waals surface area contributed by atoms with Crippen LogP contribution in [0.4, 0.5) is 17.1 Å². The Kier molecular flexibility index (Phi) is 2.61. The van der Waals surface area contributed by atoms with Crippen molar-refractivity contribution in [3.63, 3.8) is 0 Å². The molecule has 14 heavy (non-hydrogen) atoms. The van der Waals surface area contributed by atoms with Crippen LogP contribution in [0.2, 0.25) is 0 Å². The fraction of sp³-hybridized carbons (Fsp3) is 0.143. The van der Waals surface area contributed by atoms with E-state index in [1.807, 2.05) is 0 Å². The summed E-state index contributed by atoms with van der Waals surface area (Å²) in [6, 6.07) is 4.51. The standard InChI is InChI=1S/C7H6N3O4/c1-8-7-5(9(11)12)3-2-4-6(7)10(13)14/h3-4,8H,1H3. The highest BCUT2D eigenvalue weighted by molar-refractivity contribution is 5.72. The van der Waals surface area contributed by atoms with Crippen LogP contribution < -0.4 is 5.32 Å². The molecule has 0 spiro atoms. The van der Waals surface area contributed by atoms with Crippen LogP contribution in [-0.2, 0) is 0 Å². The van der Waals surface area contributed by atoms with E-state index < -0.39 is 9.85 Å². The Hall–Kier alpha value is -2.18. The van der Waals surface area contributed by atoms with Gasteiger partial charge in [0, 0.05) is 19.2 Å². The number of hydrogen-bond acceptors (Lipinski definition) is 5. The molecule has 1 aromatic rings. The molecule has 0 bridgehead atoms. The van der Waals surface area contributed by atoms with Crippen molar-refractivity contribution in [2.45, 2.75) is 0 Å². The van der Waals surface area contributed by atoms with E-state index in [9.17, 15) is 20.2 Å². The minimum absolute atomic E-state index is 0.112. The van der Waals surface area contributed by atoms with Crippen LogP contribution in [0.3, 0.4) is 0 Å². The van der Waals surface area contributed by atoms with E-state index in [4.69, 9.17) is 0 Å². The molecule has 73 valence electrons. The third kappa shape index (κ3) is 1.60. The molecule has 1 rings (SSSR count). The highest BCUT2D eigenvalue weighted by atomic mass is 16.6.